The predicted molar refractivity (Wildman–Crippen MR) is 153 cm³/mol. The zero-order valence-electron chi connectivity index (χ0n) is 23.4. The zero-order chi connectivity index (χ0) is 29.4. The van der Waals surface area contributed by atoms with Gasteiger partial charge in [-0.2, -0.15) is 0 Å². The van der Waals surface area contributed by atoms with Gasteiger partial charge in [-0.3, -0.25) is 0 Å². The molecule has 41 heavy (non-hydrogen) atoms. The Bertz CT molecular complexity index is 1330. The molecule has 0 spiro atoms. The molecule has 0 bridgehead atoms. The number of aliphatic hydroxyl groups excluding tert-OH is 1. The van der Waals surface area contributed by atoms with Crippen LogP contribution in [-0.4, -0.2) is 23.8 Å². The van der Waals surface area contributed by atoms with E-state index in [0.29, 0.717) is 55.6 Å². The number of hydrogen-bond donors (Lipinski definition) is 1. The van der Waals surface area contributed by atoms with E-state index in [1.807, 2.05) is 6.92 Å². The summed E-state index contributed by atoms with van der Waals surface area (Å²) in [6, 6.07) is 14.1. The fourth-order valence-corrected chi connectivity index (χ4v) is 5.30. The van der Waals surface area contributed by atoms with Gasteiger partial charge in [0.1, 0.15) is 17.7 Å². The van der Waals surface area contributed by atoms with E-state index >= 15 is 8.78 Å². The van der Waals surface area contributed by atoms with E-state index in [2.05, 4.69) is 6.58 Å². The van der Waals surface area contributed by atoms with Crippen LogP contribution in [-0.2, 0) is 4.74 Å². The summed E-state index contributed by atoms with van der Waals surface area (Å²) in [7, 11) is 0. The SMILES string of the molecule is C=CCCCOc1ccc(C(=O)OC2CCC(c3ccc(-c4ccc(C(O)CCC)cc4)c(F)c3F)CC2)c(F)c1. The van der Waals surface area contributed by atoms with Gasteiger partial charge in [0.15, 0.2) is 11.6 Å². The highest BCUT2D eigenvalue weighted by Crippen LogP contribution is 2.38. The topological polar surface area (TPSA) is 55.8 Å². The quantitative estimate of drug-likeness (QED) is 0.135. The molecule has 0 saturated heterocycles. The molecule has 0 heterocycles. The number of aliphatic hydroxyl groups is 1. The summed E-state index contributed by atoms with van der Waals surface area (Å²) >= 11 is 0. The maximum absolute atomic E-state index is 15.2. The highest BCUT2D eigenvalue weighted by molar-refractivity contribution is 5.90. The lowest BCUT2D eigenvalue weighted by Crippen LogP contribution is -2.24. The molecule has 0 amide bonds. The van der Waals surface area contributed by atoms with Crippen LogP contribution in [0.2, 0.25) is 0 Å². The Kier molecular flexibility index (Phi) is 10.6. The molecule has 0 aromatic heterocycles. The van der Waals surface area contributed by atoms with Crippen molar-refractivity contribution in [1.29, 1.82) is 0 Å². The molecule has 3 aromatic rings. The van der Waals surface area contributed by atoms with E-state index in [9.17, 15) is 14.3 Å². The molecule has 0 radical (unpaired) electrons. The first-order valence-corrected chi connectivity index (χ1v) is 14.3. The van der Waals surface area contributed by atoms with E-state index < -0.39 is 35.6 Å². The van der Waals surface area contributed by atoms with Crippen LogP contribution in [0.4, 0.5) is 13.2 Å². The molecule has 1 fully saturated rings. The average Bonchev–Trinajstić information content (AvgIpc) is 2.97. The lowest BCUT2D eigenvalue weighted by molar-refractivity contribution is 0.0189. The first kappa shape index (κ1) is 30.4. The normalized spacial score (nSPS) is 17.6. The monoisotopic (exact) mass is 566 g/mol. The maximum Gasteiger partial charge on any atom is 0.341 e. The molecular formula is C34H37F3O4. The van der Waals surface area contributed by atoms with Crippen molar-refractivity contribution in [3.63, 3.8) is 0 Å². The molecule has 1 aliphatic rings. The highest BCUT2D eigenvalue weighted by Gasteiger charge is 2.29. The number of esters is 1. The zero-order valence-corrected chi connectivity index (χ0v) is 23.4. The standard InChI is InChI=1S/C34H37F3O4/c1-3-5-6-20-40-26-16-17-29(30(35)21-26)34(39)41-25-14-12-23(13-15-25)28-19-18-27(32(36)33(28)37)22-8-10-24(11-9-22)31(38)7-4-2/h3,8-11,16-19,21,23,25,31,38H,1,4-7,12-15,20H2,2H3. The van der Waals surface area contributed by atoms with Crippen LogP contribution in [0.5, 0.6) is 5.75 Å². The van der Waals surface area contributed by atoms with Gasteiger partial charge in [-0.1, -0.05) is 55.8 Å². The minimum absolute atomic E-state index is 0.165. The highest BCUT2D eigenvalue weighted by atomic mass is 19.2. The molecule has 4 nitrogen and oxygen atoms in total. The second-order valence-corrected chi connectivity index (χ2v) is 10.6. The van der Waals surface area contributed by atoms with E-state index in [1.165, 1.54) is 18.2 Å². The molecule has 7 heteroatoms. The molecular weight excluding hydrogens is 529 g/mol. The summed E-state index contributed by atoms with van der Waals surface area (Å²) in [6.45, 7) is 6.05. The number of halogens is 3. The van der Waals surface area contributed by atoms with E-state index in [4.69, 9.17) is 9.47 Å². The Morgan fingerprint density at radius 3 is 2.41 bits per heavy atom. The third kappa shape index (κ3) is 7.59. The Morgan fingerprint density at radius 2 is 1.76 bits per heavy atom. The fraction of sp³-hybridized carbons (Fsp3) is 0.382. The summed E-state index contributed by atoms with van der Waals surface area (Å²) in [5.41, 5.74) is 1.59. The van der Waals surface area contributed by atoms with Crippen LogP contribution in [0.1, 0.15) is 91.8 Å². The van der Waals surface area contributed by atoms with Crippen LogP contribution in [0.15, 0.2) is 67.3 Å². The molecule has 1 unspecified atom stereocenters. The van der Waals surface area contributed by atoms with Gasteiger partial charge in [-0.05, 0) is 79.7 Å². The first-order chi connectivity index (χ1) is 19.8. The van der Waals surface area contributed by atoms with Gasteiger partial charge in [-0.15, -0.1) is 6.58 Å². The van der Waals surface area contributed by atoms with Gasteiger partial charge in [0.25, 0.3) is 0 Å². The number of allylic oxidation sites excluding steroid dienone is 1. The summed E-state index contributed by atoms with van der Waals surface area (Å²) in [5, 5.41) is 10.2. The van der Waals surface area contributed by atoms with E-state index in [1.54, 1.807) is 42.5 Å². The fourth-order valence-electron chi connectivity index (χ4n) is 5.30. The van der Waals surface area contributed by atoms with Crippen LogP contribution in [0.25, 0.3) is 11.1 Å². The van der Waals surface area contributed by atoms with Gasteiger partial charge in [0.05, 0.1) is 18.3 Å². The Balaban J connectivity index is 1.34. The maximum atomic E-state index is 15.2. The molecule has 3 aromatic carbocycles. The van der Waals surface area contributed by atoms with Gasteiger partial charge in [-0.25, -0.2) is 18.0 Å². The first-order valence-electron chi connectivity index (χ1n) is 14.3. The van der Waals surface area contributed by atoms with Gasteiger partial charge < -0.3 is 14.6 Å². The lowest BCUT2D eigenvalue weighted by atomic mass is 9.82. The van der Waals surface area contributed by atoms with Crippen molar-refractivity contribution >= 4 is 5.97 Å². The van der Waals surface area contributed by atoms with Crippen LogP contribution in [0, 0.1) is 17.5 Å². The predicted octanol–water partition coefficient (Wildman–Crippen LogP) is 8.83. The molecule has 218 valence electrons. The summed E-state index contributed by atoms with van der Waals surface area (Å²) < 4.78 is 55.9. The molecule has 1 N–H and O–H groups in total. The minimum atomic E-state index is -0.901. The summed E-state index contributed by atoms with van der Waals surface area (Å²) in [6.07, 6.45) is 5.76. The lowest BCUT2D eigenvalue weighted by Gasteiger charge is -2.29. The second kappa shape index (κ2) is 14.4. The van der Waals surface area contributed by atoms with Gasteiger partial charge in [0, 0.05) is 11.6 Å². The Morgan fingerprint density at radius 1 is 1.02 bits per heavy atom. The Hall–Kier alpha value is -3.58. The number of rotatable bonds is 12. The van der Waals surface area contributed by atoms with Crippen molar-refractivity contribution < 1.29 is 32.5 Å². The largest absolute Gasteiger partial charge is 0.493 e. The minimum Gasteiger partial charge on any atom is -0.493 e. The molecule has 1 aliphatic carbocycles. The number of carbonyl (C=O) groups is 1. The molecule has 4 rings (SSSR count). The third-order valence-electron chi connectivity index (χ3n) is 7.65. The number of benzene rings is 3. The van der Waals surface area contributed by atoms with Crippen LogP contribution in [0.3, 0.4) is 0 Å². The number of carbonyl (C=O) groups excluding carboxylic acids is 1. The van der Waals surface area contributed by atoms with Crippen molar-refractivity contribution in [1.82, 2.24) is 0 Å². The van der Waals surface area contributed by atoms with Crippen molar-refractivity contribution in [3.8, 4) is 16.9 Å². The summed E-state index contributed by atoms with van der Waals surface area (Å²) in [4.78, 5) is 12.6. The van der Waals surface area contributed by atoms with Crippen LogP contribution < -0.4 is 4.74 Å². The van der Waals surface area contributed by atoms with E-state index in [0.717, 1.165) is 24.8 Å². The number of hydrogen-bond acceptors (Lipinski definition) is 4. The Labute approximate surface area is 239 Å². The van der Waals surface area contributed by atoms with Crippen molar-refractivity contribution in [2.24, 2.45) is 0 Å². The van der Waals surface area contributed by atoms with Crippen molar-refractivity contribution in [2.45, 2.75) is 76.4 Å². The smallest absolute Gasteiger partial charge is 0.341 e. The molecule has 1 atom stereocenters. The van der Waals surface area contributed by atoms with Crippen molar-refractivity contribution in [2.75, 3.05) is 6.61 Å². The average molecular weight is 567 g/mol. The number of ether oxygens (including phenoxy) is 2. The second-order valence-electron chi connectivity index (χ2n) is 10.6. The van der Waals surface area contributed by atoms with Crippen molar-refractivity contribution in [3.05, 3.63) is 101 Å². The van der Waals surface area contributed by atoms with Gasteiger partial charge >= 0.3 is 5.97 Å². The third-order valence-corrected chi connectivity index (χ3v) is 7.65. The molecule has 1 saturated carbocycles. The van der Waals surface area contributed by atoms with E-state index in [-0.39, 0.29) is 17.0 Å². The van der Waals surface area contributed by atoms with Gasteiger partial charge in [0.2, 0.25) is 0 Å². The summed E-state index contributed by atoms with van der Waals surface area (Å²) in [5.74, 6) is -3.11. The number of unbranched alkanes of at least 4 members (excludes halogenated alkanes) is 1. The van der Waals surface area contributed by atoms with Crippen LogP contribution >= 0.6 is 0 Å². The molecule has 0 aliphatic heterocycles.